The van der Waals surface area contributed by atoms with Crippen molar-refractivity contribution < 1.29 is 33.2 Å². The predicted molar refractivity (Wildman–Crippen MR) is 117 cm³/mol. The smallest absolute Gasteiger partial charge is 0.315 e. The first-order valence-electron chi connectivity index (χ1n) is 9.84. The Balaban J connectivity index is 2.22. The van der Waals surface area contributed by atoms with Crippen molar-refractivity contribution in [1.82, 2.24) is 21.4 Å². The van der Waals surface area contributed by atoms with E-state index in [0.29, 0.717) is 23.0 Å². The number of urea groups is 1. The lowest BCUT2D eigenvalue weighted by Gasteiger charge is -2.36. The Morgan fingerprint density at radius 1 is 1.00 bits per heavy atom. The van der Waals surface area contributed by atoms with E-state index in [0.717, 1.165) is 6.92 Å². The first kappa shape index (κ1) is 26.0. The summed E-state index contributed by atoms with van der Waals surface area (Å²) in [4.78, 5) is 47.1. The molecule has 11 heteroatoms. The maximum atomic E-state index is 13.8. The molecule has 0 aromatic heterocycles. The Labute approximate surface area is 193 Å². The van der Waals surface area contributed by atoms with Crippen molar-refractivity contribution in [3.8, 4) is 11.8 Å². The Hall–Kier alpha value is -4.30. The third-order valence-corrected chi connectivity index (χ3v) is 4.86. The molecule has 0 saturated carbocycles. The molecular formula is C23H22F2N4O5. The topological polar surface area (TPSA) is 137 Å². The van der Waals surface area contributed by atoms with Crippen LogP contribution < -0.4 is 21.4 Å². The summed E-state index contributed by atoms with van der Waals surface area (Å²) in [7, 11) is 1.19. The van der Waals surface area contributed by atoms with Gasteiger partial charge in [0.25, 0.3) is 18.2 Å². The molecule has 0 aliphatic rings. The third-order valence-electron chi connectivity index (χ3n) is 4.86. The van der Waals surface area contributed by atoms with Gasteiger partial charge in [-0.2, -0.15) is 0 Å². The molecule has 178 valence electrons. The molecule has 0 heterocycles. The third kappa shape index (κ3) is 6.36. The Morgan fingerprint density at radius 2 is 1.53 bits per heavy atom. The van der Waals surface area contributed by atoms with Crippen LogP contribution in [0.1, 0.15) is 38.8 Å². The molecule has 0 aliphatic heterocycles. The molecule has 0 saturated heterocycles. The van der Waals surface area contributed by atoms with Crippen LogP contribution in [0.4, 0.5) is 13.6 Å². The van der Waals surface area contributed by atoms with Gasteiger partial charge in [0.05, 0.1) is 0 Å². The van der Waals surface area contributed by atoms with E-state index >= 15 is 0 Å². The van der Waals surface area contributed by atoms with Gasteiger partial charge >= 0.3 is 6.03 Å². The molecule has 2 rings (SSSR count). The first-order chi connectivity index (χ1) is 16.1. The van der Waals surface area contributed by atoms with Crippen molar-refractivity contribution in [1.29, 1.82) is 0 Å². The van der Waals surface area contributed by atoms with Gasteiger partial charge in [0.2, 0.25) is 0 Å². The minimum absolute atomic E-state index is 0.0215. The minimum Gasteiger partial charge on any atom is -0.341 e. The van der Waals surface area contributed by atoms with Crippen molar-refractivity contribution in [2.24, 2.45) is 0 Å². The number of carbonyl (C=O) groups excluding carboxylic acids is 4. The lowest BCUT2D eigenvalue weighted by atomic mass is 9.91. The zero-order chi connectivity index (χ0) is 25.3. The highest BCUT2D eigenvalue weighted by atomic mass is 19.3. The quantitative estimate of drug-likeness (QED) is 0.180. The summed E-state index contributed by atoms with van der Waals surface area (Å²) >= 11 is 0. The summed E-state index contributed by atoms with van der Waals surface area (Å²) < 4.78 is 27.6. The monoisotopic (exact) mass is 472 g/mol. The van der Waals surface area contributed by atoms with Gasteiger partial charge in [0.15, 0.2) is 0 Å². The van der Waals surface area contributed by atoms with Gasteiger partial charge in [-0.3, -0.25) is 19.6 Å². The first-order valence-corrected chi connectivity index (χ1v) is 9.84. The van der Waals surface area contributed by atoms with E-state index in [1.165, 1.54) is 36.8 Å². The van der Waals surface area contributed by atoms with Crippen LogP contribution in [0.25, 0.3) is 0 Å². The number of alkyl halides is 2. The van der Waals surface area contributed by atoms with E-state index in [1.54, 1.807) is 24.3 Å². The van der Waals surface area contributed by atoms with Gasteiger partial charge < -0.3 is 16.0 Å². The number of benzene rings is 2. The number of amides is 4. The molecule has 0 aliphatic carbocycles. The fraction of sp³-hybridized carbons (Fsp3) is 0.217. The van der Waals surface area contributed by atoms with Crippen LogP contribution in [0.3, 0.4) is 0 Å². The van der Waals surface area contributed by atoms with Crippen LogP contribution in [0.15, 0.2) is 48.5 Å². The number of hydroxylamine groups is 1. The van der Waals surface area contributed by atoms with Crippen LogP contribution in [-0.2, 0) is 4.79 Å². The molecule has 0 fully saturated rings. The number of aldehydes is 1. The molecule has 2 aromatic carbocycles. The molecule has 0 spiro atoms. The van der Waals surface area contributed by atoms with E-state index in [-0.39, 0.29) is 5.56 Å². The van der Waals surface area contributed by atoms with Crippen LogP contribution in [0, 0.1) is 11.8 Å². The summed E-state index contributed by atoms with van der Waals surface area (Å²) in [5, 5.41) is 15.1. The fourth-order valence-corrected chi connectivity index (χ4v) is 2.82. The number of hydrogen-bond acceptors (Lipinski definition) is 5. The minimum atomic E-state index is -3.29. The van der Waals surface area contributed by atoms with Crippen LogP contribution in [-0.4, -0.2) is 54.4 Å². The van der Waals surface area contributed by atoms with Gasteiger partial charge in [0.1, 0.15) is 17.9 Å². The highest BCUT2D eigenvalue weighted by Crippen LogP contribution is 2.21. The number of carbonyl (C=O) groups is 4. The predicted octanol–water partition coefficient (Wildman–Crippen LogP) is 1.46. The molecule has 34 heavy (non-hydrogen) atoms. The zero-order valence-corrected chi connectivity index (χ0v) is 18.2. The summed E-state index contributed by atoms with van der Waals surface area (Å²) in [6.07, 6.45) is -2.57. The number of rotatable bonds is 7. The molecule has 2 aromatic rings. The van der Waals surface area contributed by atoms with Crippen LogP contribution >= 0.6 is 0 Å². The van der Waals surface area contributed by atoms with Gasteiger partial charge in [-0.15, -0.1) is 0 Å². The normalized spacial score (nSPS) is 12.9. The standard InChI is InChI=1S/C23H22F2N4O5/c1-23(21(24)25,28-22(33)26-2)18(20(32)29-34)27-19(31)17-11-9-15(10-12-17)4-3-14-5-7-16(13-30)8-6-14/h5-13,18,21,34H,1-2H3,(H,27,31)(H,29,32)(H2,26,28,33)/t18-,23?/m1/s1. The number of hydrogen-bond donors (Lipinski definition) is 5. The summed E-state index contributed by atoms with van der Waals surface area (Å²) in [6.45, 7) is 0.855. The number of halogens is 2. The van der Waals surface area contributed by atoms with E-state index < -0.39 is 35.9 Å². The lowest BCUT2D eigenvalue weighted by molar-refractivity contribution is -0.135. The molecule has 0 bridgehead atoms. The molecule has 9 nitrogen and oxygen atoms in total. The van der Waals surface area contributed by atoms with Crippen molar-refractivity contribution in [3.05, 3.63) is 70.8 Å². The van der Waals surface area contributed by atoms with E-state index in [2.05, 4.69) is 22.5 Å². The summed E-state index contributed by atoms with van der Waals surface area (Å²) in [6, 6.07) is 9.33. The summed E-state index contributed by atoms with van der Waals surface area (Å²) in [5.74, 6) is 3.52. The average Bonchev–Trinajstić information content (AvgIpc) is 2.85. The second-order valence-corrected chi connectivity index (χ2v) is 7.24. The molecule has 0 radical (unpaired) electrons. The highest BCUT2D eigenvalue weighted by Gasteiger charge is 2.48. The summed E-state index contributed by atoms with van der Waals surface area (Å²) in [5.41, 5.74) is 0.423. The number of nitrogens with one attached hydrogen (secondary N) is 4. The molecule has 5 N–H and O–H groups in total. The molecular weight excluding hydrogens is 450 g/mol. The largest absolute Gasteiger partial charge is 0.341 e. The molecule has 1 unspecified atom stereocenters. The zero-order valence-electron chi connectivity index (χ0n) is 18.2. The van der Waals surface area contributed by atoms with E-state index in [9.17, 15) is 28.0 Å². The van der Waals surface area contributed by atoms with Gasteiger partial charge in [0, 0.05) is 29.3 Å². The maximum Gasteiger partial charge on any atom is 0.315 e. The SMILES string of the molecule is CNC(=O)NC(C)(C(F)F)[C@H](NC(=O)c1ccc(C#Cc2ccc(C=O)cc2)cc1)C(=O)NO. The van der Waals surface area contributed by atoms with Gasteiger partial charge in [-0.1, -0.05) is 24.0 Å². The second kappa shape index (κ2) is 11.5. The van der Waals surface area contributed by atoms with Crippen LogP contribution in [0.5, 0.6) is 0 Å². The Morgan fingerprint density at radius 3 is 1.97 bits per heavy atom. The molecule has 4 amide bonds. The highest BCUT2D eigenvalue weighted by molar-refractivity contribution is 5.98. The fourth-order valence-electron chi connectivity index (χ4n) is 2.82. The van der Waals surface area contributed by atoms with Gasteiger partial charge in [-0.05, 0) is 43.3 Å². The Bertz CT molecular complexity index is 1110. The van der Waals surface area contributed by atoms with Crippen molar-refractivity contribution >= 4 is 24.1 Å². The average molecular weight is 472 g/mol. The lowest BCUT2D eigenvalue weighted by Crippen LogP contribution is -2.69. The van der Waals surface area contributed by atoms with Crippen LogP contribution in [0.2, 0.25) is 0 Å². The van der Waals surface area contributed by atoms with E-state index in [1.807, 2.05) is 5.32 Å². The molecule has 2 atom stereocenters. The maximum absolute atomic E-state index is 13.8. The van der Waals surface area contributed by atoms with Gasteiger partial charge in [-0.25, -0.2) is 19.1 Å². The Kier molecular flexibility index (Phi) is 8.80. The van der Waals surface area contributed by atoms with E-state index in [4.69, 9.17) is 5.21 Å². The van der Waals surface area contributed by atoms with Crippen molar-refractivity contribution in [2.75, 3.05) is 7.05 Å². The second-order valence-electron chi connectivity index (χ2n) is 7.24. The van der Waals surface area contributed by atoms with Crippen molar-refractivity contribution in [3.63, 3.8) is 0 Å². The van der Waals surface area contributed by atoms with Crippen molar-refractivity contribution in [2.45, 2.75) is 24.9 Å².